The van der Waals surface area contributed by atoms with Crippen molar-refractivity contribution in [3.8, 4) is 0 Å². The molecule has 0 radical (unpaired) electrons. The Bertz CT molecular complexity index is 238. The van der Waals surface area contributed by atoms with E-state index in [1.165, 1.54) is 7.11 Å². The number of esters is 1. The van der Waals surface area contributed by atoms with Gasteiger partial charge in [-0.05, 0) is 6.92 Å². The third-order valence-electron chi connectivity index (χ3n) is 2.74. The molecule has 2 unspecified atom stereocenters. The summed E-state index contributed by atoms with van der Waals surface area (Å²) in [6, 6.07) is 0. The van der Waals surface area contributed by atoms with Crippen molar-refractivity contribution >= 4 is 5.97 Å². The van der Waals surface area contributed by atoms with Crippen molar-refractivity contribution in [2.75, 3.05) is 46.5 Å². The van der Waals surface area contributed by atoms with Crippen molar-refractivity contribution in [1.29, 1.82) is 0 Å². The molecule has 0 aliphatic carbocycles. The first kappa shape index (κ1) is 14.4. The number of ether oxygens (including phenoxy) is 3. The van der Waals surface area contributed by atoms with Crippen molar-refractivity contribution < 1.29 is 19.0 Å². The van der Waals surface area contributed by atoms with E-state index in [4.69, 9.17) is 15.2 Å². The Hall–Kier alpha value is -0.690. The van der Waals surface area contributed by atoms with E-state index in [1.54, 1.807) is 0 Å². The molecule has 0 saturated carbocycles. The summed E-state index contributed by atoms with van der Waals surface area (Å²) >= 11 is 0. The Morgan fingerprint density at radius 3 is 3.00 bits per heavy atom. The summed E-state index contributed by atoms with van der Waals surface area (Å²) in [5, 5.41) is 0. The number of carbonyl (C=O) groups excluding carboxylic acids is 1. The van der Waals surface area contributed by atoms with E-state index >= 15 is 0 Å². The molecule has 1 saturated heterocycles. The number of morpholine rings is 1. The average Bonchev–Trinajstić information content (AvgIpc) is 2.37. The third-order valence-corrected chi connectivity index (χ3v) is 2.74. The molecule has 1 fully saturated rings. The lowest BCUT2D eigenvalue weighted by atomic mass is 10.2. The zero-order valence-corrected chi connectivity index (χ0v) is 10.6. The lowest BCUT2D eigenvalue weighted by Crippen LogP contribution is -2.50. The van der Waals surface area contributed by atoms with Gasteiger partial charge in [-0.3, -0.25) is 4.90 Å². The minimum atomic E-state index is -0.492. The summed E-state index contributed by atoms with van der Waals surface area (Å²) in [7, 11) is 1.37. The Balaban J connectivity index is 2.40. The van der Waals surface area contributed by atoms with Gasteiger partial charge in [-0.2, -0.15) is 0 Å². The highest BCUT2D eigenvalue weighted by Crippen LogP contribution is 2.08. The molecule has 0 bridgehead atoms. The van der Waals surface area contributed by atoms with Crippen molar-refractivity contribution in [2.45, 2.75) is 19.1 Å². The van der Waals surface area contributed by atoms with Crippen LogP contribution in [0.2, 0.25) is 0 Å². The van der Waals surface area contributed by atoms with Crippen molar-refractivity contribution in [1.82, 2.24) is 4.90 Å². The molecule has 1 aliphatic rings. The van der Waals surface area contributed by atoms with Crippen LogP contribution in [0.15, 0.2) is 0 Å². The second-order valence-electron chi connectivity index (χ2n) is 3.96. The number of hydrogen-bond donors (Lipinski definition) is 1. The Labute approximate surface area is 102 Å². The molecule has 2 N–H and O–H groups in total. The van der Waals surface area contributed by atoms with Crippen LogP contribution in [0.3, 0.4) is 0 Å². The van der Waals surface area contributed by atoms with Gasteiger partial charge in [-0.25, -0.2) is 4.79 Å². The topological polar surface area (TPSA) is 74.0 Å². The smallest absolute Gasteiger partial charge is 0.336 e. The van der Waals surface area contributed by atoms with Gasteiger partial charge in [0.15, 0.2) is 6.10 Å². The zero-order valence-electron chi connectivity index (χ0n) is 10.6. The summed E-state index contributed by atoms with van der Waals surface area (Å²) in [4.78, 5) is 13.5. The van der Waals surface area contributed by atoms with Gasteiger partial charge in [0.1, 0.15) is 0 Å². The van der Waals surface area contributed by atoms with Gasteiger partial charge >= 0.3 is 5.97 Å². The SMILES string of the molecule is CCOC(CN)CN1CCOC(C(=O)OC)C1. The lowest BCUT2D eigenvalue weighted by Gasteiger charge is -2.33. The first-order valence-corrected chi connectivity index (χ1v) is 5.94. The van der Waals surface area contributed by atoms with Crippen LogP contribution in [-0.4, -0.2) is 69.6 Å². The second-order valence-corrected chi connectivity index (χ2v) is 3.96. The summed E-state index contributed by atoms with van der Waals surface area (Å²) in [6.45, 7) is 5.65. The molecule has 0 amide bonds. The molecule has 0 spiro atoms. The molecule has 17 heavy (non-hydrogen) atoms. The Morgan fingerprint density at radius 2 is 2.41 bits per heavy atom. The van der Waals surface area contributed by atoms with Crippen LogP contribution < -0.4 is 5.73 Å². The molecule has 1 rings (SSSR count). The largest absolute Gasteiger partial charge is 0.467 e. The monoisotopic (exact) mass is 246 g/mol. The Kier molecular flexibility index (Phi) is 6.43. The first-order chi connectivity index (χ1) is 8.21. The second kappa shape index (κ2) is 7.60. The van der Waals surface area contributed by atoms with Crippen LogP contribution >= 0.6 is 0 Å². The highest BCUT2D eigenvalue weighted by atomic mass is 16.6. The summed E-state index contributed by atoms with van der Waals surface area (Å²) in [5.74, 6) is -0.324. The maximum Gasteiger partial charge on any atom is 0.336 e. The Morgan fingerprint density at radius 1 is 1.65 bits per heavy atom. The fraction of sp³-hybridized carbons (Fsp3) is 0.909. The van der Waals surface area contributed by atoms with Crippen molar-refractivity contribution in [3.05, 3.63) is 0 Å². The van der Waals surface area contributed by atoms with E-state index in [0.717, 1.165) is 13.1 Å². The minimum absolute atomic E-state index is 0.0106. The highest BCUT2D eigenvalue weighted by molar-refractivity contribution is 5.74. The van der Waals surface area contributed by atoms with Crippen LogP contribution in [0.1, 0.15) is 6.92 Å². The highest BCUT2D eigenvalue weighted by Gasteiger charge is 2.28. The predicted octanol–water partition coefficient (Wildman–Crippen LogP) is -0.776. The summed E-state index contributed by atoms with van der Waals surface area (Å²) in [6.07, 6.45) is -0.481. The number of hydrogen-bond acceptors (Lipinski definition) is 6. The van der Waals surface area contributed by atoms with E-state index in [1.807, 2.05) is 6.92 Å². The maximum absolute atomic E-state index is 11.4. The van der Waals surface area contributed by atoms with Gasteiger partial charge in [-0.15, -0.1) is 0 Å². The van der Waals surface area contributed by atoms with Gasteiger partial charge < -0.3 is 19.9 Å². The van der Waals surface area contributed by atoms with Gasteiger partial charge in [0.05, 0.1) is 19.8 Å². The lowest BCUT2D eigenvalue weighted by molar-refractivity contribution is -0.160. The van der Waals surface area contributed by atoms with Gasteiger partial charge in [-0.1, -0.05) is 0 Å². The third kappa shape index (κ3) is 4.59. The molecule has 0 aromatic carbocycles. The van der Waals surface area contributed by atoms with E-state index in [9.17, 15) is 4.79 Å². The van der Waals surface area contributed by atoms with Crippen LogP contribution in [0.4, 0.5) is 0 Å². The molecule has 2 atom stereocenters. The molecule has 1 aliphatic heterocycles. The molecule has 0 aromatic heterocycles. The number of rotatable bonds is 6. The normalized spacial score (nSPS) is 23.4. The van der Waals surface area contributed by atoms with E-state index in [-0.39, 0.29) is 12.1 Å². The number of nitrogens with zero attached hydrogens (tertiary/aromatic N) is 1. The van der Waals surface area contributed by atoms with Crippen molar-refractivity contribution in [3.63, 3.8) is 0 Å². The predicted molar refractivity (Wildman–Crippen MR) is 62.7 cm³/mol. The fourth-order valence-corrected chi connectivity index (χ4v) is 1.86. The molecule has 0 aromatic rings. The molecular weight excluding hydrogens is 224 g/mol. The standard InChI is InChI=1S/C11H22N2O4/c1-3-16-9(6-12)7-13-4-5-17-10(8-13)11(14)15-2/h9-10H,3-8,12H2,1-2H3. The van der Waals surface area contributed by atoms with Crippen LogP contribution in [0.5, 0.6) is 0 Å². The van der Waals surface area contributed by atoms with Gasteiger partial charge in [0.2, 0.25) is 0 Å². The molecular formula is C11H22N2O4. The van der Waals surface area contributed by atoms with Gasteiger partial charge in [0.25, 0.3) is 0 Å². The van der Waals surface area contributed by atoms with E-state index in [2.05, 4.69) is 9.64 Å². The average molecular weight is 246 g/mol. The number of nitrogens with two attached hydrogens (primary N) is 1. The van der Waals surface area contributed by atoms with Crippen LogP contribution in [0, 0.1) is 0 Å². The first-order valence-electron chi connectivity index (χ1n) is 5.94. The van der Waals surface area contributed by atoms with Gasteiger partial charge in [0, 0.05) is 32.8 Å². The van der Waals surface area contributed by atoms with Crippen LogP contribution in [0.25, 0.3) is 0 Å². The number of methoxy groups -OCH3 is 1. The van der Waals surface area contributed by atoms with E-state index in [0.29, 0.717) is 26.3 Å². The fourth-order valence-electron chi connectivity index (χ4n) is 1.86. The molecule has 6 heteroatoms. The zero-order chi connectivity index (χ0) is 12.7. The minimum Gasteiger partial charge on any atom is -0.467 e. The molecule has 100 valence electrons. The number of carbonyl (C=O) groups is 1. The van der Waals surface area contributed by atoms with Crippen LogP contribution in [-0.2, 0) is 19.0 Å². The van der Waals surface area contributed by atoms with E-state index < -0.39 is 6.10 Å². The molecule has 6 nitrogen and oxygen atoms in total. The molecule has 1 heterocycles. The summed E-state index contributed by atoms with van der Waals surface area (Å²) < 4.78 is 15.5. The quantitative estimate of drug-likeness (QED) is 0.620. The maximum atomic E-state index is 11.4. The van der Waals surface area contributed by atoms with Crippen molar-refractivity contribution in [2.24, 2.45) is 5.73 Å². The summed E-state index contributed by atoms with van der Waals surface area (Å²) in [5.41, 5.74) is 5.62.